The fraction of sp³-hybridized carbons (Fsp3) is 0.375. The summed E-state index contributed by atoms with van der Waals surface area (Å²) in [5.41, 5.74) is 2.87. The minimum atomic E-state index is -4.14. The van der Waals surface area contributed by atoms with Crippen molar-refractivity contribution in [2.24, 2.45) is 0 Å². The molecule has 9 heteroatoms. The minimum absolute atomic E-state index is 0.00108. The molecule has 0 aliphatic rings. The molecule has 3 rings (SSSR count). The first kappa shape index (κ1) is 31.8. The van der Waals surface area contributed by atoms with E-state index in [1.54, 1.807) is 43.3 Å². The van der Waals surface area contributed by atoms with Crippen molar-refractivity contribution in [1.82, 2.24) is 10.2 Å². The molecule has 0 unspecified atom stereocenters. The molecule has 0 aromatic heterocycles. The Labute approximate surface area is 243 Å². The van der Waals surface area contributed by atoms with E-state index in [1.807, 2.05) is 46.8 Å². The van der Waals surface area contributed by atoms with Crippen molar-refractivity contribution >= 4 is 27.5 Å². The molecule has 0 saturated carbocycles. The number of benzene rings is 3. The lowest BCUT2D eigenvalue weighted by molar-refractivity contribution is -0.139. The van der Waals surface area contributed by atoms with Crippen LogP contribution in [0.15, 0.2) is 77.7 Å². The summed E-state index contributed by atoms with van der Waals surface area (Å²) in [6, 6.07) is 18.2. The lowest BCUT2D eigenvalue weighted by Crippen LogP contribution is -2.52. The Kier molecular flexibility index (Phi) is 10.7. The molecule has 3 aromatic carbocycles. The van der Waals surface area contributed by atoms with Gasteiger partial charge in [0.15, 0.2) is 0 Å². The predicted molar refractivity (Wildman–Crippen MR) is 161 cm³/mol. The SMILES string of the molecule is CC[C@H](C)NC(=O)[C@@H](C)N(Cc1ccc(F)cc1)C(=O)CN(c1ccc(C(C)C)cc1)S(=O)(=O)c1ccc(C)cc1. The number of anilines is 1. The summed E-state index contributed by atoms with van der Waals surface area (Å²) in [5.74, 6) is -1.10. The number of rotatable bonds is 12. The lowest BCUT2D eigenvalue weighted by atomic mass is 10.0. The Morgan fingerprint density at radius 2 is 1.46 bits per heavy atom. The smallest absolute Gasteiger partial charge is 0.264 e. The van der Waals surface area contributed by atoms with Gasteiger partial charge in [-0.3, -0.25) is 13.9 Å². The quantitative estimate of drug-likeness (QED) is 0.294. The monoisotopic (exact) mass is 581 g/mol. The molecule has 0 fully saturated rings. The molecule has 7 nitrogen and oxygen atoms in total. The predicted octanol–water partition coefficient (Wildman–Crippen LogP) is 5.78. The Hall–Kier alpha value is -3.72. The van der Waals surface area contributed by atoms with Crippen molar-refractivity contribution in [3.05, 3.63) is 95.3 Å². The maximum atomic E-state index is 14.0. The van der Waals surface area contributed by atoms with Crippen LogP contribution in [0, 0.1) is 12.7 Å². The van der Waals surface area contributed by atoms with E-state index in [2.05, 4.69) is 5.32 Å². The van der Waals surface area contributed by atoms with Gasteiger partial charge in [0.25, 0.3) is 10.0 Å². The van der Waals surface area contributed by atoms with Crippen molar-refractivity contribution in [2.75, 3.05) is 10.8 Å². The van der Waals surface area contributed by atoms with Crippen molar-refractivity contribution < 1.29 is 22.4 Å². The van der Waals surface area contributed by atoms with Gasteiger partial charge in [0.1, 0.15) is 18.4 Å². The number of nitrogens with one attached hydrogen (secondary N) is 1. The van der Waals surface area contributed by atoms with Crippen LogP contribution in [-0.4, -0.2) is 43.8 Å². The third-order valence-electron chi connectivity index (χ3n) is 7.17. The van der Waals surface area contributed by atoms with Gasteiger partial charge in [-0.05, 0) is 80.6 Å². The number of sulfonamides is 1. The summed E-state index contributed by atoms with van der Waals surface area (Å²) in [6.07, 6.45) is 0.708. The summed E-state index contributed by atoms with van der Waals surface area (Å²) in [7, 11) is -4.14. The average Bonchev–Trinajstić information content (AvgIpc) is 2.95. The van der Waals surface area contributed by atoms with E-state index < -0.39 is 34.3 Å². The Morgan fingerprint density at radius 1 is 0.878 bits per heavy atom. The molecule has 1 N–H and O–H groups in total. The Balaban J connectivity index is 2.03. The molecule has 3 aromatic rings. The van der Waals surface area contributed by atoms with Crippen molar-refractivity contribution in [3.63, 3.8) is 0 Å². The minimum Gasteiger partial charge on any atom is -0.352 e. The summed E-state index contributed by atoms with van der Waals surface area (Å²) in [5, 5.41) is 2.90. The fourth-order valence-corrected chi connectivity index (χ4v) is 5.64. The highest BCUT2D eigenvalue weighted by Gasteiger charge is 2.32. The van der Waals surface area contributed by atoms with Gasteiger partial charge < -0.3 is 10.2 Å². The number of aryl methyl sites for hydroxylation is 1. The molecule has 0 saturated heterocycles. The third-order valence-corrected chi connectivity index (χ3v) is 8.96. The van der Waals surface area contributed by atoms with Crippen molar-refractivity contribution in [2.45, 2.75) is 77.4 Å². The highest BCUT2D eigenvalue weighted by atomic mass is 32.2. The zero-order chi connectivity index (χ0) is 30.3. The van der Waals surface area contributed by atoms with E-state index in [0.717, 1.165) is 15.4 Å². The number of nitrogens with zero attached hydrogens (tertiary/aromatic N) is 2. The topological polar surface area (TPSA) is 86.8 Å². The van der Waals surface area contributed by atoms with Crippen molar-refractivity contribution in [3.8, 4) is 0 Å². The molecule has 0 aliphatic heterocycles. The number of amides is 2. The first-order valence-electron chi connectivity index (χ1n) is 13.9. The number of halogens is 1. The standard InChI is InChI=1S/C32H40FN3O4S/c1-7-24(5)34-32(38)25(6)35(20-26-10-14-28(33)15-11-26)31(37)21-36(29-16-12-27(13-17-29)22(2)3)41(39,40)30-18-8-23(4)9-19-30/h8-19,22,24-25H,7,20-21H2,1-6H3,(H,34,38)/t24-,25+/m0/s1. The van der Waals surface area contributed by atoms with Crippen LogP contribution in [0.3, 0.4) is 0 Å². The summed E-state index contributed by atoms with van der Waals surface area (Å²) < 4.78 is 42.6. The molecule has 0 bridgehead atoms. The largest absolute Gasteiger partial charge is 0.352 e. The molecule has 2 atom stereocenters. The van der Waals surface area contributed by atoms with Gasteiger partial charge in [-0.2, -0.15) is 0 Å². The first-order valence-corrected chi connectivity index (χ1v) is 15.3. The molecule has 0 radical (unpaired) electrons. The van der Waals surface area contributed by atoms with Gasteiger partial charge >= 0.3 is 0 Å². The van der Waals surface area contributed by atoms with Crippen LogP contribution in [0.2, 0.25) is 0 Å². The van der Waals surface area contributed by atoms with E-state index in [0.29, 0.717) is 17.7 Å². The maximum absolute atomic E-state index is 14.0. The van der Waals surface area contributed by atoms with Gasteiger partial charge in [-0.15, -0.1) is 0 Å². The second kappa shape index (κ2) is 13.8. The van der Waals surface area contributed by atoms with Gasteiger partial charge in [0.05, 0.1) is 10.6 Å². The zero-order valence-corrected chi connectivity index (χ0v) is 25.4. The molecule has 0 heterocycles. The van der Waals surface area contributed by atoms with Crippen LogP contribution in [0.5, 0.6) is 0 Å². The van der Waals surface area contributed by atoms with Crippen LogP contribution in [0.25, 0.3) is 0 Å². The van der Waals surface area contributed by atoms with Crippen LogP contribution in [0.1, 0.15) is 63.6 Å². The molecule has 0 aliphatic carbocycles. The fourth-order valence-electron chi connectivity index (χ4n) is 4.23. The van der Waals surface area contributed by atoms with E-state index in [1.165, 1.54) is 29.2 Å². The molecular weight excluding hydrogens is 541 g/mol. The summed E-state index contributed by atoms with van der Waals surface area (Å²) >= 11 is 0. The molecule has 41 heavy (non-hydrogen) atoms. The first-order chi connectivity index (χ1) is 19.3. The second-order valence-electron chi connectivity index (χ2n) is 10.7. The van der Waals surface area contributed by atoms with Crippen molar-refractivity contribution in [1.29, 1.82) is 0 Å². The second-order valence-corrected chi connectivity index (χ2v) is 12.6. The number of carbonyl (C=O) groups excluding carboxylic acids is 2. The van der Waals surface area contributed by atoms with Crippen LogP contribution >= 0.6 is 0 Å². The van der Waals surface area contributed by atoms with E-state index in [9.17, 15) is 22.4 Å². The molecule has 220 valence electrons. The zero-order valence-electron chi connectivity index (χ0n) is 24.6. The number of hydrogen-bond acceptors (Lipinski definition) is 4. The summed E-state index contributed by atoms with van der Waals surface area (Å²) in [6.45, 7) is 10.8. The molecule has 0 spiro atoms. The van der Waals surface area contributed by atoms with Gasteiger partial charge in [0.2, 0.25) is 11.8 Å². The maximum Gasteiger partial charge on any atom is 0.264 e. The lowest BCUT2D eigenvalue weighted by Gasteiger charge is -2.32. The molecular formula is C32H40FN3O4S. The third kappa shape index (κ3) is 8.16. The van der Waals surface area contributed by atoms with Crippen LogP contribution in [-0.2, 0) is 26.2 Å². The van der Waals surface area contributed by atoms with Crippen LogP contribution in [0.4, 0.5) is 10.1 Å². The van der Waals surface area contributed by atoms with Gasteiger partial charge in [0, 0.05) is 12.6 Å². The highest BCUT2D eigenvalue weighted by Crippen LogP contribution is 2.27. The van der Waals surface area contributed by atoms with Crippen LogP contribution < -0.4 is 9.62 Å². The van der Waals surface area contributed by atoms with E-state index in [-0.39, 0.29) is 29.3 Å². The van der Waals surface area contributed by atoms with Gasteiger partial charge in [-0.1, -0.05) is 62.7 Å². The average molecular weight is 582 g/mol. The highest BCUT2D eigenvalue weighted by molar-refractivity contribution is 7.92. The molecule has 2 amide bonds. The van der Waals surface area contributed by atoms with E-state index in [4.69, 9.17) is 0 Å². The van der Waals surface area contributed by atoms with E-state index >= 15 is 0 Å². The normalized spacial score (nSPS) is 13.0. The summed E-state index contributed by atoms with van der Waals surface area (Å²) in [4.78, 5) is 28.5. The number of carbonyl (C=O) groups is 2. The Morgan fingerprint density at radius 3 is 2.00 bits per heavy atom. The van der Waals surface area contributed by atoms with Gasteiger partial charge in [-0.25, -0.2) is 12.8 Å². The Bertz CT molecular complexity index is 1420. The number of hydrogen-bond donors (Lipinski definition) is 1.